The van der Waals surface area contributed by atoms with E-state index in [0.29, 0.717) is 25.4 Å². The van der Waals surface area contributed by atoms with Gasteiger partial charge in [0.25, 0.3) is 0 Å². The second kappa shape index (κ2) is 7.19. The third-order valence-electron chi connectivity index (χ3n) is 2.39. The van der Waals surface area contributed by atoms with Crippen LogP contribution in [0.5, 0.6) is 0 Å². The highest BCUT2D eigenvalue weighted by molar-refractivity contribution is 5.47. The molecule has 2 N–H and O–H groups in total. The molecule has 0 spiro atoms. The van der Waals surface area contributed by atoms with Gasteiger partial charge in [0.15, 0.2) is 0 Å². The van der Waals surface area contributed by atoms with Crippen molar-refractivity contribution in [2.75, 3.05) is 38.3 Å². The van der Waals surface area contributed by atoms with Crippen LogP contribution in [-0.4, -0.2) is 33.4 Å². The molecule has 0 unspecified atom stereocenters. The number of para-hydroxylation sites is 1. The lowest BCUT2D eigenvalue weighted by atomic mass is 10.2. The van der Waals surface area contributed by atoms with Crippen LogP contribution >= 0.6 is 0 Å². The normalized spacial score (nSPS) is 10.4. The Labute approximate surface area is 96.0 Å². The summed E-state index contributed by atoms with van der Waals surface area (Å²) in [7, 11) is 1.64. The van der Waals surface area contributed by atoms with Crippen LogP contribution < -0.4 is 10.6 Å². The van der Waals surface area contributed by atoms with Gasteiger partial charge >= 0.3 is 0 Å². The number of anilines is 1. The van der Waals surface area contributed by atoms with Gasteiger partial charge in [-0.3, -0.25) is 0 Å². The molecule has 1 aromatic rings. The smallest absolute Gasteiger partial charge is 0.146 e. The van der Waals surface area contributed by atoms with E-state index in [1.54, 1.807) is 19.2 Å². The highest BCUT2D eigenvalue weighted by Gasteiger charge is 2.09. The quantitative estimate of drug-likeness (QED) is 0.768. The summed E-state index contributed by atoms with van der Waals surface area (Å²) >= 11 is 0. The van der Waals surface area contributed by atoms with Crippen LogP contribution in [0.1, 0.15) is 6.42 Å². The van der Waals surface area contributed by atoms with Gasteiger partial charge < -0.3 is 15.4 Å². The Hall–Kier alpha value is -1.13. The van der Waals surface area contributed by atoms with E-state index < -0.39 is 0 Å². The molecular formula is C12H19FN2O. The van der Waals surface area contributed by atoms with E-state index in [1.165, 1.54) is 6.07 Å². The van der Waals surface area contributed by atoms with E-state index in [9.17, 15) is 4.39 Å². The van der Waals surface area contributed by atoms with Crippen LogP contribution in [-0.2, 0) is 4.74 Å². The third-order valence-corrected chi connectivity index (χ3v) is 2.39. The lowest BCUT2D eigenvalue weighted by molar-refractivity contribution is 0.205. The maximum Gasteiger partial charge on any atom is 0.146 e. The molecule has 90 valence electrons. The summed E-state index contributed by atoms with van der Waals surface area (Å²) in [5, 5.41) is 0. The first-order valence-corrected chi connectivity index (χ1v) is 5.48. The minimum Gasteiger partial charge on any atom is -0.383 e. The lowest BCUT2D eigenvalue weighted by Gasteiger charge is -2.24. The van der Waals surface area contributed by atoms with Gasteiger partial charge in [-0.05, 0) is 25.1 Å². The number of hydrogen-bond donors (Lipinski definition) is 1. The van der Waals surface area contributed by atoms with Crippen molar-refractivity contribution in [2.24, 2.45) is 5.73 Å². The van der Waals surface area contributed by atoms with Gasteiger partial charge in [0.1, 0.15) is 5.82 Å². The number of halogens is 1. The number of benzene rings is 1. The highest BCUT2D eigenvalue weighted by Crippen LogP contribution is 2.18. The fraction of sp³-hybridized carbons (Fsp3) is 0.500. The molecule has 0 aliphatic carbocycles. The fourth-order valence-electron chi connectivity index (χ4n) is 1.54. The van der Waals surface area contributed by atoms with E-state index in [4.69, 9.17) is 10.5 Å². The summed E-state index contributed by atoms with van der Waals surface area (Å²) in [5.41, 5.74) is 6.09. The van der Waals surface area contributed by atoms with Gasteiger partial charge in [-0.25, -0.2) is 4.39 Å². The average molecular weight is 226 g/mol. The maximum absolute atomic E-state index is 13.6. The van der Waals surface area contributed by atoms with E-state index in [2.05, 4.69) is 0 Å². The lowest BCUT2D eigenvalue weighted by Crippen LogP contribution is -2.30. The third kappa shape index (κ3) is 3.79. The van der Waals surface area contributed by atoms with Crippen molar-refractivity contribution in [2.45, 2.75) is 6.42 Å². The molecule has 0 saturated heterocycles. The van der Waals surface area contributed by atoms with Crippen molar-refractivity contribution in [1.82, 2.24) is 0 Å². The molecule has 0 saturated carbocycles. The van der Waals surface area contributed by atoms with Crippen LogP contribution in [0.15, 0.2) is 24.3 Å². The number of ether oxygens (including phenoxy) is 1. The van der Waals surface area contributed by atoms with Crippen molar-refractivity contribution in [3.63, 3.8) is 0 Å². The molecule has 0 atom stereocenters. The Bertz CT molecular complexity index is 299. The van der Waals surface area contributed by atoms with Gasteiger partial charge in [-0.1, -0.05) is 12.1 Å². The standard InChI is InChI=1S/C12H19FN2O/c1-16-10-9-15(8-4-7-14)12-6-3-2-5-11(12)13/h2-3,5-6H,4,7-10,14H2,1H3. The van der Waals surface area contributed by atoms with Crippen molar-refractivity contribution < 1.29 is 9.13 Å². The Morgan fingerprint density at radius 1 is 1.31 bits per heavy atom. The predicted molar refractivity (Wildman–Crippen MR) is 64.2 cm³/mol. The van der Waals surface area contributed by atoms with Crippen molar-refractivity contribution in [1.29, 1.82) is 0 Å². The Morgan fingerprint density at radius 3 is 2.69 bits per heavy atom. The average Bonchev–Trinajstić information content (AvgIpc) is 2.31. The van der Waals surface area contributed by atoms with Gasteiger partial charge in [-0.15, -0.1) is 0 Å². The summed E-state index contributed by atoms with van der Waals surface area (Å²) in [6.07, 6.45) is 0.845. The van der Waals surface area contributed by atoms with Crippen molar-refractivity contribution in [3.05, 3.63) is 30.1 Å². The van der Waals surface area contributed by atoms with Crippen LogP contribution in [0.3, 0.4) is 0 Å². The second-order valence-electron chi connectivity index (χ2n) is 3.57. The van der Waals surface area contributed by atoms with Crippen molar-refractivity contribution in [3.8, 4) is 0 Å². The highest BCUT2D eigenvalue weighted by atomic mass is 19.1. The molecule has 0 aliphatic heterocycles. The van der Waals surface area contributed by atoms with Crippen LogP contribution in [0, 0.1) is 5.82 Å². The Morgan fingerprint density at radius 2 is 2.06 bits per heavy atom. The van der Waals surface area contributed by atoms with Gasteiger partial charge in [0.05, 0.1) is 12.3 Å². The van der Waals surface area contributed by atoms with Gasteiger partial charge in [0.2, 0.25) is 0 Å². The summed E-state index contributed by atoms with van der Waals surface area (Å²) < 4.78 is 18.6. The summed E-state index contributed by atoms with van der Waals surface area (Å²) in [6.45, 7) is 2.62. The first kappa shape index (κ1) is 12.9. The number of nitrogens with two attached hydrogens (primary N) is 1. The number of hydrogen-bond acceptors (Lipinski definition) is 3. The SMILES string of the molecule is COCCN(CCCN)c1ccccc1F. The molecule has 4 heteroatoms. The molecule has 0 fully saturated rings. The molecule has 0 aromatic heterocycles. The largest absolute Gasteiger partial charge is 0.383 e. The second-order valence-corrected chi connectivity index (χ2v) is 3.57. The minimum atomic E-state index is -0.198. The van der Waals surface area contributed by atoms with Gasteiger partial charge in [-0.2, -0.15) is 0 Å². The Balaban J connectivity index is 2.70. The first-order chi connectivity index (χ1) is 7.79. The molecule has 0 heterocycles. The minimum absolute atomic E-state index is 0.198. The van der Waals surface area contributed by atoms with Gasteiger partial charge in [0, 0.05) is 20.2 Å². The molecular weight excluding hydrogens is 207 g/mol. The predicted octanol–water partition coefficient (Wildman–Crippen LogP) is 1.63. The molecule has 0 amide bonds. The zero-order chi connectivity index (χ0) is 11.8. The van der Waals surface area contributed by atoms with Crippen LogP contribution in [0.2, 0.25) is 0 Å². The number of methoxy groups -OCH3 is 1. The number of nitrogens with zero attached hydrogens (tertiary/aromatic N) is 1. The molecule has 0 aliphatic rings. The first-order valence-electron chi connectivity index (χ1n) is 5.48. The Kier molecular flexibility index (Phi) is 5.82. The van der Waals surface area contributed by atoms with Crippen molar-refractivity contribution >= 4 is 5.69 Å². The molecule has 16 heavy (non-hydrogen) atoms. The monoisotopic (exact) mass is 226 g/mol. The topological polar surface area (TPSA) is 38.5 Å². The summed E-state index contributed by atoms with van der Waals surface area (Å²) in [6, 6.07) is 6.77. The molecule has 1 rings (SSSR count). The summed E-state index contributed by atoms with van der Waals surface area (Å²) in [5.74, 6) is -0.198. The van der Waals surface area contributed by atoms with E-state index >= 15 is 0 Å². The van der Waals surface area contributed by atoms with E-state index in [-0.39, 0.29) is 5.82 Å². The molecule has 0 bridgehead atoms. The number of rotatable bonds is 7. The zero-order valence-corrected chi connectivity index (χ0v) is 9.66. The van der Waals surface area contributed by atoms with E-state index in [1.807, 2.05) is 11.0 Å². The zero-order valence-electron chi connectivity index (χ0n) is 9.66. The summed E-state index contributed by atoms with van der Waals surface area (Å²) in [4.78, 5) is 1.96. The molecule has 1 aromatic carbocycles. The van der Waals surface area contributed by atoms with Crippen LogP contribution in [0.4, 0.5) is 10.1 Å². The molecule has 0 radical (unpaired) electrons. The maximum atomic E-state index is 13.6. The fourth-order valence-corrected chi connectivity index (χ4v) is 1.54. The molecule has 3 nitrogen and oxygen atoms in total. The van der Waals surface area contributed by atoms with E-state index in [0.717, 1.165) is 13.0 Å². The van der Waals surface area contributed by atoms with Crippen LogP contribution in [0.25, 0.3) is 0 Å².